The lowest BCUT2D eigenvalue weighted by atomic mass is 9.92. The fourth-order valence-electron chi connectivity index (χ4n) is 3.74. The van der Waals surface area contributed by atoms with E-state index in [1.165, 1.54) is 31.5 Å². The quantitative estimate of drug-likeness (QED) is 0.884. The van der Waals surface area contributed by atoms with Crippen molar-refractivity contribution in [3.05, 3.63) is 18.2 Å². The molecule has 0 spiro atoms. The van der Waals surface area contributed by atoms with Gasteiger partial charge < -0.3 is 10.3 Å². The summed E-state index contributed by atoms with van der Waals surface area (Å²) in [5, 5.41) is 0. The highest BCUT2D eigenvalue weighted by molar-refractivity contribution is 5.04. The second-order valence-corrected chi connectivity index (χ2v) is 5.90. The maximum absolute atomic E-state index is 6.14. The van der Waals surface area contributed by atoms with Crippen LogP contribution >= 0.6 is 0 Å². The van der Waals surface area contributed by atoms with Crippen molar-refractivity contribution in [1.82, 2.24) is 14.5 Å². The second-order valence-electron chi connectivity index (χ2n) is 5.90. The normalized spacial score (nSPS) is 32.7. The molecule has 4 nitrogen and oxygen atoms in total. The van der Waals surface area contributed by atoms with Crippen molar-refractivity contribution in [3.8, 4) is 0 Å². The van der Waals surface area contributed by atoms with Gasteiger partial charge in [-0.1, -0.05) is 13.3 Å². The van der Waals surface area contributed by atoms with Crippen LogP contribution in [-0.2, 0) is 13.1 Å². The molecule has 0 aromatic carbocycles. The lowest BCUT2D eigenvalue weighted by Crippen LogP contribution is -2.54. The zero-order chi connectivity index (χ0) is 12.6. The van der Waals surface area contributed by atoms with Gasteiger partial charge in [-0.2, -0.15) is 0 Å². The number of fused-ring (bicyclic) bond motifs is 1. The Morgan fingerprint density at radius 3 is 3.11 bits per heavy atom. The molecule has 2 heterocycles. The first-order chi connectivity index (χ1) is 8.77. The van der Waals surface area contributed by atoms with Gasteiger partial charge in [0.15, 0.2) is 0 Å². The van der Waals surface area contributed by atoms with Crippen molar-refractivity contribution in [2.75, 3.05) is 13.1 Å². The molecule has 100 valence electrons. The minimum absolute atomic E-state index is 0.248. The van der Waals surface area contributed by atoms with Crippen LogP contribution in [0.2, 0.25) is 0 Å². The largest absolute Gasteiger partial charge is 0.333 e. The van der Waals surface area contributed by atoms with Gasteiger partial charge in [0.1, 0.15) is 5.82 Å². The van der Waals surface area contributed by atoms with Crippen molar-refractivity contribution in [1.29, 1.82) is 0 Å². The zero-order valence-corrected chi connectivity index (χ0v) is 11.3. The Balaban J connectivity index is 1.78. The second kappa shape index (κ2) is 4.67. The molecule has 18 heavy (non-hydrogen) atoms. The smallest absolute Gasteiger partial charge is 0.122 e. The molecule has 1 aliphatic carbocycles. The molecule has 1 aromatic rings. The van der Waals surface area contributed by atoms with Crippen molar-refractivity contribution in [3.63, 3.8) is 0 Å². The van der Waals surface area contributed by atoms with Crippen molar-refractivity contribution >= 4 is 0 Å². The summed E-state index contributed by atoms with van der Waals surface area (Å²) in [7, 11) is 0. The Morgan fingerprint density at radius 2 is 2.39 bits per heavy atom. The number of rotatable bonds is 3. The minimum atomic E-state index is 0.248. The summed E-state index contributed by atoms with van der Waals surface area (Å²) in [4.78, 5) is 7.07. The molecule has 0 radical (unpaired) electrons. The third kappa shape index (κ3) is 1.88. The maximum Gasteiger partial charge on any atom is 0.122 e. The minimum Gasteiger partial charge on any atom is -0.333 e. The van der Waals surface area contributed by atoms with Crippen LogP contribution in [0.4, 0.5) is 0 Å². The van der Waals surface area contributed by atoms with E-state index < -0.39 is 0 Å². The average Bonchev–Trinajstić information content (AvgIpc) is 3.05. The summed E-state index contributed by atoms with van der Waals surface area (Å²) in [5.41, 5.74) is 6.39. The molecule has 2 N–H and O–H groups in total. The molecule has 2 unspecified atom stereocenters. The van der Waals surface area contributed by atoms with Gasteiger partial charge in [-0.05, 0) is 25.2 Å². The predicted molar refractivity (Wildman–Crippen MR) is 72.1 cm³/mol. The zero-order valence-electron chi connectivity index (χ0n) is 11.3. The molecule has 1 saturated carbocycles. The van der Waals surface area contributed by atoms with Crippen LogP contribution in [-0.4, -0.2) is 33.1 Å². The van der Waals surface area contributed by atoms with E-state index >= 15 is 0 Å². The van der Waals surface area contributed by atoms with Crippen LogP contribution in [0, 0.1) is 5.92 Å². The fourth-order valence-corrected chi connectivity index (χ4v) is 3.74. The maximum atomic E-state index is 6.14. The molecule has 1 aliphatic heterocycles. The Labute approximate surface area is 109 Å². The first-order valence-corrected chi connectivity index (χ1v) is 7.22. The van der Waals surface area contributed by atoms with Gasteiger partial charge in [0.05, 0.1) is 6.54 Å². The molecular formula is C14H24N4. The lowest BCUT2D eigenvalue weighted by molar-refractivity contribution is 0.0643. The van der Waals surface area contributed by atoms with E-state index in [9.17, 15) is 0 Å². The van der Waals surface area contributed by atoms with Gasteiger partial charge in [0.2, 0.25) is 0 Å². The van der Waals surface area contributed by atoms with E-state index in [-0.39, 0.29) is 5.54 Å². The topological polar surface area (TPSA) is 47.1 Å². The lowest BCUT2D eigenvalue weighted by Gasteiger charge is -2.43. The molecule has 0 amide bonds. The number of nitrogens with two attached hydrogens (primary N) is 1. The van der Waals surface area contributed by atoms with Crippen LogP contribution in [0.1, 0.15) is 38.4 Å². The van der Waals surface area contributed by atoms with E-state index in [0.29, 0.717) is 0 Å². The Kier molecular flexibility index (Phi) is 3.16. The van der Waals surface area contributed by atoms with Gasteiger partial charge in [-0.25, -0.2) is 4.98 Å². The first kappa shape index (κ1) is 12.2. The summed E-state index contributed by atoms with van der Waals surface area (Å²) >= 11 is 0. The first-order valence-electron chi connectivity index (χ1n) is 7.22. The molecule has 1 aromatic heterocycles. The summed E-state index contributed by atoms with van der Waals surface area (Å²) in [5.74, 6) is 2.07. The molecule has 0 saturated heterocycles. The summed E-state index contributed by atoms with van der Waals surface area (Å²) < 4.78 is 2.27. The molecule has 2 atom stereocenters. The van der Waals surface area contributed by atoms with E-state index in [0.717, 1.165) is 32.1 Å². The van der Waals surface area contributed by atoms with Crippen LogP contribution < -0.4 is 5.73 Å². The number of hydrogen-bond donors (Lipinski definition) is 1. The third-order valence-electron chi connectivity index (χ3n) is 5.06. The average molecular weight is 248 g/mol. The highest BCUT2D eigenvalue weighted by Crippen LogP contribution is 2.41. The van der Waals surface area contributed by atoms with E-state index in [1.54, 1.807) is 0 Å². The predicted octanol–water partition coefficient (Wildman–Crippen LogP) is 1.61. The molecule has 4 heteroatoms. The fraction of sp³-hybridized carbons (Fsp3) is 0.786. The van der Waals surface area contributed by atoms with Crippen molar-refractivity contribution in [2.45, 2.75) is 51.2 Å². The standard InChI is InChI=1S/C14H24N4/c1-2-12-3-4-14(9-12,11-15)18-8-7-17-6-5-16-13(17)10-18/h5-6,12H,2-4,7-11,15H2,1H3. The summed E-state index contributed by atoms with van der Waals surface area (Å²) in [6.45, 7) is 6.26. The number of nitrogens with zero attached hydrogens (tertiary/aromatic N) is 3. The molecule has 0 bridgehead atoms. The number of aromatic nitrogens is 2. The molecule has 3 rings (SSSR count). The van der Waals surface area contributed by atoms with Crippen molar-refractivity contribution in [2.24, 2.45) is 11.7 Å². The Morgan fingerprint density at radius 1 is 1.50 bits per heavy atom. The van der Waals surface area contributed by atoms with E-state index in [4.69, 9.17) is 5.73 Å². The van der Waals surface area contributed by atoms with Crippen LogP contribution in [0.3, 0.4) is 0 Å². The van der Waals surface area contributed by atoms with Gasteiger partial charge >= 0.3 is 0 Å². The molecule has 1 fully saturated rings. The van der Waals surface area contributed by atoms with Crippen molar-refractivity contribution < 1.29 is 0 Å². The van der Waals surface area contributed by atoms with E-state index in [2.05, 4.69) is 27.6 Å². The highest BCUT2D eigenvalue weighted by Gasteiger charge is 2.43. The Hall–Kier alpha value is -0.870. The molecule has 2 aliphatic rings. The van der Waals surface area contributed by atoms with Crippen LogP contribution in [0.5, 0.6) is 0 Å². The summed E-state index contributed by atoms with van der Waals surface area (Å²) in [6.07, 6.45) is 9.19. The monoisotopic (exact) mass is 248 g/mol. The van der Waals surface area contributed by atoms with Gasteiger partial charge in [0, 0.05) is 37.6 Å². The van der Waals surface area contributed by atoms with Crippen LogP contribution in [0.15, 0.2) is 12.4 Å². The highest BCUT2D eigenvalue weighted by atomic mass is 15.3. The SMILES string of the molecule is CCC1CCC(CN)(N2CCn3ccnc3C2)C1. The Bertz CT molecular complexity index is 414. The van der Waals surface area contributed by atoms with Gasteiger partial charge in [0.25, 0.3) is 0 Å². The van der Waals surface area contributed by atoms with Gasteiger partial charge in [-0.15, -0.1) is 0 Å². The third-order valence-corrected chi connectivity index (χ3v) is 5.06. The molecular weight excluding hydrogens is 224 g/mol. The van der Waals surface area contributed by atoms with E-state index in [1.807, 2.05) is 6.20 Å². The van der Waals surface area contributed by atoms with Crippen LogP contribution in [0.25, 0.3) is 0 Å². The summed E-state index contributed by atoms with van der Waals surface area (Å²) in [6, 6.07) is 0. The number of imidazole rings is 1. The van der Waals surface area contributed by atoms with Gasteiger partial charge in [-0.3, -0.25) is 4.90 Å². The number of hydrogen-bond acceptors (Lipinski definition) is 3.